The molecule has 1 aliphatic carbocycles. The molecular formula is C9H17ClS. The molecule has 0 bridgehead atoms. The van der Waals surface area contributed by atoms with Crippen molar-refractivity contribution in [2.45, 2.75) is 32.6 Å². The molecule has 11 heavy (non-hydrogen) atoms. The van der Waals surface area contributed by atoms with Gasteiger partial charge in [-0.05, 0) is 36.2 Å². The van der Waals surface area contributed by atoms with Crippen molar-refractivity contribution in [2.75, 3.05) is 17.4 Å². The normalized spacial score (nSPS) is 21.3. The molecule has 0 saturated heterocycles. The number of halogens is 1. The van der Waals surface area contributed by atoms with Crippen LogP contribution in [0.2, 0.25) is 0 Å². The van der Waals surface area contributed by atoms with Gasteiger partial charge in [-0.1, -0.05) is 13.3 Å². The molecule has 66 valence electrons. The molecule has 0 heterocycles. The Labute approximate surface area is 79.1 Å². The standard InChI is InChI=1S/C9H17ClS/c1-2-11-7-6-9(8-10)4-3-5-9/h2-8H2,1H3. The highest BCUT2D eigenvalue weighted by Gasteiger charge is 2.35. The van der Waals surface area contributed by atoms with Crippen molar-refractivity contribution in [3.8, 4) is 0 Å². The first-order valence-corrected chi connectivity index (χ1v) is 6.16. The van der Waals surface area contributed by atoms with Crippen LogP contribution >= 0.6 is 23.4 Å². The van der Waals surface area contributed by atoms with E-state index in [1.165, 1.54) is 37.2 Å². The Balaban J connectivity index is 2.11. The van der Waals surface area contributed by atoms with E-state index < -0.39 is 0 Å². The number of thioether (sulfide) groups is 1. The molecule has 1 fully saturated rings. The maximum atomic E-state index is 5.93. The fraction of sp³-hybridized carbons (Fsp3) is 1.00. The maximum absolute atomic E-state index is 5.93. The smallest absolute Gasteiger partial charge is 0.0280 e. The summed E-state index contributed by atoms with van der Waals surface area (Å²) in [4.78, 5) is 0. The molecule has 0 nitrogen and oxygen atoms in total. The van der Waals surface area contributed by atoms with Crippen LogP contribution in [-0.4, -0.2) is 17.4 Å². The van der Waals surface area contributed by atoms with Gasteiger partial charge in [0.1, 0.15) is 0 Å². The Morgan fingerprint density at radius 3 is 2.55 bits per heavy atom. The summed E-state index contributed by atoms with van der Waals surface area (Å²) in [6.45, 7) is 2.22. The quantitative estimate of drug-likeness (QED) is 0.475. The summed E-state index contributed by atoms with van der Waals surface area (Å²) in [7, 11) is 0. The summed E-state index contributed by atoms with van der Waals surface area (Å²) >= 11 is 7.97. The van der Waals surface area contributed by atoms with Crippen LogP contribution in [0, 0.1) is 5.41 Å². The first-order valence-electron chi connectivity index (χ1n) is 4.47. The molecule has 0 aromatic heterocycles. The van der Waals surface area contributed by atoms with E-state index >= 15 is 0 Å². The lowest BCUT2D eigenvalue weighted by Gasteiger charge is -2.40. The van der Waals surface area contributed by atoms with Gasteiger partial charge in [0, 0.05) is 5.88 Å². The van der Waals surface area contributed by atoms with Gasteiger partial charge in [0.2, 0.25) is 0 Å². The number of rotatable bonds is 5. The molecule has 0 radical (unpaired) electrons. The second kappa shape index (κ2) is 4.61. The molecule has 0 N–H and O–H groups in total. The predicted molar refractivity (Wildman–Crippen MR) is 54.6 cm³/mol. The molecule has 1 rings (SSSR count). The third kappa shape index (κ3) is 2.55. The Kier molecular flexibility index (Phi) is 4.08. The van der Waals surface area contributed by atoms with Crippen LogP contribution in [0.15, 0.2) is 0 Å². The second-order valence-corrected chi connectivity index (χ2v) is 5.10. The molecule has 0 aromatic rings. The van der Waals surface area contributed by atoms with Gasteiger partial charge in [0.15, 0.2) is 0 Å². The van der Waals surface area contributed by atoms with E-state index in [9.17, 15) is 0 Å². The summed E-state index contributed by atoms with van der Waals surface area (Å²) in [5.74, 6) is 3.44. The minimum atomic E-state index is 0.559. The van der Waals surface area contributed by atoms with Crippen LogP contribution in [0.5, 0.6) is 0 Å². The Morgan fingerprint density at radius 2 is 2.18 bits per heavy atom. The molecule has 0 aliphatic heterocycles. The van der Waals surface area contributed by atoms with Crippen molar-refractivity contribution in [3.05, 3.63) is 0 Å². The van der Waals surface area contributed by atoms with E-state index in [0.29, 0.717) is 5.41 Å². The first-order chi connectivity index (χ1) is 5.33. The van der Waals surface area contributed by atoms with Gasteiger partial charge in [-0.2, -0.15) is 11.8 Å². The zero-order chi connectivity index (χ0) is 8.16. The zero-order valence-corrected chi connectivity index (χ0v) is 8.81. The van der Waals surface area contributed by atoms with Gasteiger partial charge in [-0.25, -0.2) is 0 Å². The van der Waals surface area contributed by atoms with Gasteiger partial charge in [0.25, 0.3) is 0 Å². The molecule has 0 aromatic carbocycles. The predicted octanol–water partition coefficient (Wildman–Crippen LogP) is 3.54. The third-order valence-electron chi connectivity index (χ3n) is 2.68. The van der Waals surface area contributed by atoms with Crippen LogP contribution in [0.4, 0.5) is 0 Å². The van der Waals surface area contributed by atoms with Gasteiger partial charge < -0.3 is 0 Å². The average molecular weight is 193 g/mol. The topological polar surface area (TPSA) is 0 Å². The molecule has 0 amide bonds. The highest BCUT2D eigenvalue weighted by Crippen LogP contribution is 2.45. The van der Waals surface area contributed by atoms with Gasteiger partial charge in [0.05, 0.1) is 0 Å². The maximum Gasteiger partial charge on any atom is 0.0280 e. The second-order valence-electron chi connectivity index (χ2n) is 3.43. The van der Waals surface area contributed by atoms with E-state index in [0.717, 1.165) is 5.88 Å². The largest absolute Gasteiger partial charge is 0.162 e. The molecule has 1 aliphatic rings. The molecule has 1 saturated carbocycles. The lowest BCUT2D eigenvalue weighted by atomic mass is 9.68. The van der Waals surface area contributed by atoms with Crippen LogP contribution in [0.3, 0.4) is 0 Å². The Morgan fingerprint density at radius 1 is 1.45 bits per heavy atom. The summed E-state index contributed by atoms with van der Waals surface area (Å²) < 4.78 is 0. The molecule has 0 spiro atoms. The van der Waals surface area contributed by atoms with E-state index in [1.54, 1.807) is 0 Å². The number of hydrogen-bond acceptors (Lipinski definition) is 1. The summed E-state index contributed by atoms with van der Waals surface area (Å²) in [5.41, 5.74) is 0.559. The number of hydrogen-bond donors (Lipinski definition) is 0. The molecule has 2 heteroatoms. The lowest BCUT2D eigenvalue weighted by Crippen LogP contribution is -2.31. The highest BCUT2D eigenvalue weighted by atomic mass is 35.5. The van der Waals surface area contributed by atoms with Crippen LogP contribution in [0.25, 0.3) is 0 Å². The van der Waals surface area contributed by atoms with Crippen molar-refractivity contribution < 1.29 is 0 Å². The van der Waals surface area contributed by atoms with Crippen molar-refractivity contribution in [1.82, 2.24) is 0 Å². The average Bonchev–Trinajstić information content (AvgIpc) is 1.95. The van der Waals surface area contributed by atoms with E-state index in [4.69, 9.17) is 11.6 Å². The van der Waals surface area contributed by atoms with Crippen molar-refractivity contribution in [3.63, 3.8) is 0 Å². The molecular weight excluding hydrogens is 176 g/mol. The minimum absolute atomic E-state index is 0.559. The van der Waals surface area contributed by atoms with E-state index in [2.05, 4.69) is 6.92 Å². The van der Waals surface area contributed by atoms with Crippen LogP contribution in [0.1, 0.15) is 32.6 Å². The van der Waals surface area contributed by atoms with Gasteiger partial charge >= 0.3 is 0 Å². The van der Waals surface area contributed by atoms with E-state index in [1.807, 2.05) is 11.8 Å². The minimum Gasteiger partial charge on any atom is -0.162 e. The summed E-state index contributed by atoms with van der Waals surface area (Å²) in [6, 6.07) is 0. The van der Waals surface area contributed by atoms with Crippen molar-refractivity contribution >= 4 is 23.4 Å². The highest BCUT2D eigenvalue weighted by molar-refractivity contribution is 7.99. The monoisotopic (exact) mass is 192 g/mol. The fourth-order valence-corrected chi connectivity index (χ4v) is 2.83. The Hall–Kier alpha value is 0.640. The Bertz CT molecular complexity index is 105. The summed E-state index contributed by atoms with van der Waals surface area (Å²) in [6.07, 6.45) is 5.50. The van der Waals surface area contributed by atoms with Crippen LogP contribution < -0.4 is 0 Å². The van der Waals surface area contributed by atoms with Gasteiger partial charge in [-0.3, -0.25) is 0 Å². The summed E-state index contributed by atoms with van der Waals surface area (Å²) in [5, 5.41) is 0. The SMILES string of the molecule is CCSCCC1(CCl)CCC1. The van der Waals surface area contributed by atoms with Crippen LogP contribution in [-0.2, 0) is 0 Å². The van der Waals surface area contributed by atoms with Gasteiger partial charge in [-0.15, -0.1) is 11.6 Å². The fourth-order valence-electron chi connectivity index (χ4n) is 1.56. The first kappa shape index (κ1) is 9.73. The van der Waals surface area contributed by atoms with E-state index in [-0.39, 0.29) is 0 Å². The van der Waals surface area contributed by atoms with Crippen molar-refractivity contribution in [2.24, 2.45) is 5.41 Å². The number of alkyl halides is 1. The van der Waals surface area contributed by atoms with Crippen molar-refractivity contribution in [1.29, 1.82) is 0 Å². The zero-order valence-electron chi connectivity index (χ0n) is 7.24. The molecule has 0 unspecified atom stereocenters. The third-order valence-corrected chi connectivity index (χ3v) is 4.15. The lowest BCUT2D eigenvalue weighted by molar-refractivity contribution is 0.161. The molecule has 0 atom stereocenters.